The fourth-order valence-corrected chi connectivity index (χ4v) is 8.25. The third kappa shape index (κ3) is 48.5. The van der Waals surface area contributed by atoms with E-state index in [1.807, 2.05) is 33.3 Å². The number of phosphoric acid groups is 1. The van der Waals surface area contributed by atoms with Gasteiger partial charge in [-0.3, -0.25) is 18.6 Å². The van der Waals surface area contributed by atoms with E-state index >= 15 is 0 Å². The van der Waals surface area contributed by atoms with E-state index in [1.54, 1.807) is 0 Å². The normalized spacial score (nSPS) is 14.4. The monoisotopic (exact) mass is 974 g/mol. The highest BCUT2D eigenvalue weighted by Gasteiger charge is 2.30. The van der Waals surface area contributed by atoms with Crippen molar-refractivity contribution in [3.8, 4) is 0 Å². The van der Waals surface area contributed by atoms with E-state index in [4.69, 9.17) is 13.8 Å². The van der Waals surface area contributed by atoms with Crippen LogP contribution < -0.4 is 5.32 Å². The number of nitrogens with zero attached hydrogens (tertiary/aromatic N) is 1. The smallest absolute Gasteiger partial charge is 0.456 e. The maximum absolute atomic E-state index is 13.4. The molecule has 0 rings (SSSR count). The Morgan fingerprint density at radius 1 is 0.515 bits per heavy atom. The minimum absolute atomic E-state index is 0.0257. The average molecular weight is 974 g/mol. The summed E-state index contributed by atoms with van der Waals surface area (Å²) in [5.41, 5.74) is 0. The number of carbonyl (C=O) groups excluding carboxylic acids is 2. The Morgan fingerprint density at radius 2 is 0.912 bits per heavy atom. The van der Waals surface area contributed by atoms with E-state index in [2.05, 4.69) is 86.8 Å². The molecule has 0 aliphatic rings. The van der Waals surface area contributed by atoms with Crippen LogP contribution >= 0.6 is 7.82 Å². The van der Waals surface area contributed by atoms with Gasteiger partial charge in [0.25, 0.3) is 0 Å². The summed E-state index contributed by atoms with van der Waals surface area (Å²) in [5.74, 6) is -0.592. The lowest BCUT2D eigenvalue weighted by atomic mass is 10.1. The number of ether oxygens (including phenoxy) is 1. The zero-order valence-corrected chi connectivity index (χ0v) is 45.7. The molecule has 0 saturated heterocycles. The molecule has 394 valence electrons. The zero-order chi connectivity index (χ0) is 50.1. The molecule has 0 fully saturated rings. The topological polar surface area (TPSA) is 111 Å². The highest BCUT2D eigenvalue weighted by atomic mass is 31.2. The van der Waals surface area contributed by atoms with Crippen LogP contribution in [0, 0.1) is 0 Å². The van der Waals surface area contributed by atoms with Gasteiger partial charge in [-0.05, 0) is 96.0 Å². The second-order valence-electron chi connectivity index (χ2n) is 19.7. The summed E-state index contributed by atoms with van der Waals surface area (Å²) in [6, 6.07) is -0.883. The van der Waals surface area contributed by atoms with Crippen LogP contribution in [0.5, 0.6) is 0 Å². The molecule has 1 amide bonds. The van der Waals surface area contributed by atoms with Crippen molar-refractivity contribution in [2.24, 2.45) is 0 Å². The minimum atomic E-state index is -4.46. The summed E-state index contributed by atoms with van der Waals surface area (Å²) in [7, 11) is 1.45. The molecule has 3 unspecified atom stereocenters. The van der Waals surface area contributed by atoms with Gasteiger partial charge < -0.3 is 19.4 Å². The Kier molecular flexibility index (Phi) is 46.3. The first-order chi connectivity index (χ1) is 32.9. The number of allylic oxidation sites excluding steroid dienone is 11. The second kappa shape index (κ2) is 48.1. The van der Waals surface area contributed by atoms with Gasteiger partial charge in [0, 0.05) is 12.8 Å². The van der Waals surface area contributed by atoms with E-state index in [-0.39, 0.29) is 37.9 Å². The Morgan fingerprint density at radius 3 is 1.41 bits per heavy atom. The van der Waals surface area contributed by atoms with E-state index in [0.29, 0.717) is 23.9 Å². The fraction of sp³-hybridized carbons (Fsp3) is 0.759. The number of unbranched alkanes of at least 4 members (excludes halogenated alkanes) is 23. The molecule has 0 aliphatic carbocycles. The largest absolute Gasteiger partial charge is 0.472 e. The van der Waals surface area contributed by atoms with Crippen LogP contribution in [0.3, 0.4) is 0 Å². The first-order valence-corrected chi connectivity index (χ1v) is 29.3. The minimum Gasteiger partial charge on any atom is -0.456 e. The first kappa shape index (κ1) is 65.5. The summed E-state index contributed by atoms with van der Waals surface area (Å²) < 4.78 is 30.5. The molecule has 0 aliphatic heterocycles. The maximum Gasteiger partial charge on any atom is 0.472 e. The molecule has 0 aromatic rings. The van der Waals surface area contributed by atoms with E-state index < -0.39 is 20.0 Å². The number of rotatable bonds is 49. The average Bonchev–Trinajstić information content (AvgIpc) is 3.29. The van der Waals surface area contributed by atoms with Crippen molar-refractivity contribution in [3.05, 3.63) is 72.9 Å². The van der Waals surface area contributed by atoms with E-state index in [1.165, 1.54) is 116 Å². The van der Waals surface area contributed by atoms with Gasteiger partial charge in [-0.1, -0.05) is 197 Å². The van der Waals surface area contributed by atoms with Crippen molar-refractivity contribution in [1.82, 2.24) is 5.32 Å². The SMILES string of the molecule is CCCCC/C=C\C/C=C\C/C=C\C/C=C\CCCC(=O)NC(COP(=O)(O)OCC[N+](C)(C)C)C(/C=C\CCCCCCCCCCCC)OC(=O)CCCCC/C=C\CCCCCCCC. The molecule has 3 atom stereocenters. The number of carbonyl (C=O) groups is 2. The van der Waals surface area contributed by atoms with Gasteiger partial charge in [0.2, 0.25) is 5.91 Å². The molecule has 9 nitrogen and oxygen atoms in total. The van der Waals surface area contributed by atoms with Crippen LogP contribution in [-0.4, -0.2) is 74.3 Å². The van der Waals surface area contributed by atoms with Crippen LogP contribution in [0.4, 0.5) is 0 Å². The predicted molar refractivity (Wildman–Crippen MR) is 291 cm³/mol. The number of hydrogen-bond acceptors (Lipinski definition) is 6. The molecule has 0 aromatic heterocycles. The molecular formula is C58H106N2O7P+. The zero-order valence-electron chi connectivity index (χ0n) is 44.8. The summed E-state index contributed by atoms with van der Waals surface area (Å²) >= 11 is 0. The second-order valence-corrected chi connectivity index (χ2v) is 21.2. The van der Waals surface area contributed by atoms with Crippen molar-refractivity contribution in [3.63, 3.8) is 0 Å². The van der Waals surface area contributed by atoms with Crippen LogP contribution in [0.25, 0.3) is 0 Å². The van der Waals surface area contributed by atoms with E-state index in [9.17, 15) is 19.0 Å². The lowest BCUT2D eigenvalue weighted by Gasteiger charge is -2.27. The highest BCUT2D eigenvalue weighted by molar-refractivity contribution is 7.47. The van der Waals surface area contributed by atoms with Gasteiger partial charge in [-0.2, -0.15) is 0 Å². The molecule has 0 aromatic carbocycles. The number of nitrogens with one attached hydrogen (secondary N) is 1. The third-order valence-corrected chi connectivity index (χ3v) is 12.9. The highest BCUT2D eigenvalue weighted by Crippen LogP contribution is 2.43. The van der Waals surface area contributed by atoms with Gasteiger partial charge in [0.1, 0.15) is 19.3 Å². The predicted octanol–water partition coefficient (Wildman–Crippen LogP) is 16.5. The first-order valence-electron chi connectivity index (χ1n) is 27.8. The summed E-state index contributed by atoms with van der Waals surface area (Å²) in [6.07, 6.45) is 60.5. The van der Waals surface area contributed by atoms with Crippen LogP contribution in [0.1, 0.15) is 233 Å². The summed E-state index contributed by atoms with van der Waals surface area (Å²) in [6.45, 7) is 6.90. The van der Waals surface area contributed by atoms with Crippen molar-refractivity contribution in [2.45, 2.75) is 245 Å². The van der Waals surface area contributed by atoms with Gasteiger partial charge in [-0.25, -0.2) is 4.57 Å². The van der Waals surface area contributed by atoms with E-state index in [0.717, 1.165) is 70.6 Å². The van der Waals surface area contributed by atoms with Crippen molar-refractivity contribution < 1.29 is 37.3 Å². The molecule has 0 saturated carbocycles. The van der Waals surface area contributed by atoms with Crippen molar-refractivity contribution in [2.75, 3.05) is 40.9 Å². The molecule has 0 bridgehead atoms. The Bertz CT molecular complexity index is 1400. The third-order valence-electron chi connectivity index (χ3n) is 11.9. The Labute approximate surface area is 419 Å². The van der Waals surface area contributed by atoms with Crippen LogP contribution in [0.2, 0.25) is 0 Å². The Hall–Kier alpha value is -2.55. The molecule has 0 radical (unpaired) electrons. The number of quaternary nitrogens is 1. The number of phosphoric ester groups is 1. The maximum atomic E-state index is 13.4. The molecule has 10 heteroatoms. The standard InChI is InChI=1S/C58H105N2O7P/c1-7-10-13-16-19-22-25-28-29-30-31-33-35-38-41-44-47-50-57(61)59-55(54-66-68(63,64)65-53-52-60(4,5)6)56(49-46-43-40-37-34-27-24-21-18-15-12-9-3)67-58(62)51-48-45-42-39-36-32-26-23-20-17-14-11-8-2/h19,22,28-29,31-33,36,38,41,46,49,55-56H,7-18,20-21,23-27,30,34-35,37,39-40,42-45,47-48,50-54H2,1-6H3,(H-,59,61,63,64)/p+1/b22-19-,29-28-,33-31-,36-32-,41-38-,49-46-. The van der Waals surface area contributed by atoms with Crippen molar-refractivity contribution in [1.29, 1.82) is 0 Å². The molecule has 0 spiro atoms. The van der Waals surface area contributed by atoms with Crippen molar-refractivity contribution >= 4 is 19.7 Å². The summed E-state index contributed by atoms with van der Waals surface area (Å²) in [4.78, 5) is 37.5. The number of esters is 1. The molecular weight excluding hydrogens is 868 g/mol. The summed E-state index contributed by atoms with van der Waals surface area (Å²) in [5, 5.41) is 3.00. The van der Waals surface area contributed by atoms with Gasteiger partial charge in [-0.15, -0.1) is 0 Å². The fourth-order valence-electron chi connectivity index (χ4n) is 7.51. The number of likely N-dealkylation sites (N-methyl/N-ethyl adjacent to an activating group) is 1. The molecule has 68 heavy (non-hydrogen) atoms. The van der Waals surface area contributed by atoms with Crippen LogP contribution in [-0.2, 0) is 27.9 Å². The Balaban J connectivity index is 5.50. The van der Waals surface area contributed by atoms with Crippen LogP contribution in [0.15, 0.2) is 72.9 Å². The van der Waals surface area contributed by atoms with Gasteiger partial charge >= 0.3 is 13.8 Å². The van der Waals surface area contributed by atoms with Gasteiger partial charge in [0.05, 0.1) is 33.8 Å². The van der Waals surface area contributed by atoms with Gasteiger partial charge in [0.15, 0.2) is 0 Å². The lowest BCUT2D eigenvalue weighted by molar-refractivity contribution is -0.870. The lowest BCUT2D eigenvalue weighted by Crippen LogP contribution is -2.47. The number of hydrogen-bond donors (Lipinski definition) is 2. The quantitative estimate of drug-likeness (QED) is 0.0205. The molecule has 0 heterocycles. The molecule has 2 N–H and O–H groups in total. The number of amides is 1.